The van der Waals surface area contributed by atoms with Crippen molar-refractivity contribution >= 4 is 49.6 Å². The number of nitrogens with zero attached hydrogens (tertiary/aromatic N) is 3. The second-order valence-corrected chi connectivity index (χ2v) is 11.6. The molecular formula is C22H26ClN3O4S2. The van der Waals surface area contributed by atoms with Gasteiger partial charge in [-0.25, -0.2) is 8.42 Å². The van der Waals surface area contributed by atoms with Crippen LogP contribution in [0.5, 0.6) is 5.75 Å². The van der Waals surface area contributed by atoms with Crippen molar-refractivity contribution in [2.45, 2.75) is 31.7 Å². The van der Waals surface area contributed by atoms with Gasteiger partial charge in [-0.15, -0.1) is 0 Å². The van der Waals surface area contributed by atoms with Crippen molar-refractivity contribution in [2.75, 3.05) is 30.9 Å². The summed E-state index contributed by atoms with van der Waals surface area (Å²) in [6, 6.07) is 4.79. The molecule has 2 aliphatic rings. The summed E-state index contributed by atoms with van der Waals surface area (Å²) in [5.41, 5.74) is 0.673. The largest absolute Gasteiger partial charge is 0.487 e. The normalized spacial score (nSPS) is 19.3. The van der Waals surface area contributed by atoms with Gasteiger partial charge in [0.2, 0.25) is 0 Å². The van der Waals surface area contributed by atoms with Crippen molar-refractivity contribution in [2.24, 2.45) is 12.0 Å². The fourth-order valence-electron chi connectivity index (χ4n) is 4.11. The number of benzene rings is 1. The zero-order chi connectivity index (χ0) is 22.9. The molecule has 2 aromatic rings. The molecule has 4 rings (SSSR count). The lowest BCUT2D eigenvalue weighted by molar-refractivity contribution is -0.120. The number of piperidine rings is 1. The maximum atomic E-state index is 13.1. The van der Waals surface area contributed by atoms with Gasteiger partial charge in [0.05, 0.1) is 16.7 Å². The van der Waals surface area contributed by atoms with E-state index in [4.69, 9.17) is 16.3 Å². The van der Waals surface area contributed by atoms with Crippen LogP contribution >= 0.6 is 22.9 Å². The summed E-state index contributed by atoms with van der Waals surface area (Å²) in [6.07, 6.45) is 6.29. The molecule has 0 saturated carbocycles. The molecule has 0 N–H and O–H groups in total. The molecule has 3 heterocycles. The van der Waals surface area contributed by atoms with Crippen LogP contribution in [0.2, 0.25) is 5.02 Å². The zero-order valence-electron chi connectivity index (χ0n) is 18.1. The third kappa shape index (κ3) is 4.79. The highest BCUT2D eigenvalue weighted by atomic mass is 35.5. The summed E-state index contributed by atoms with van der Waals surface area (Å²) in [7, 11) is 0.0670. The molecule has 1 unspecified atom stereocenters. The number of ether oxygens (including phenoxy) is 1. The summed E-state index contributed by atoms with van der Waals surface area (Å²) in [4.78, 5) is 20.6. The van der Waals surface area contributed by atoms with Crippen LogP contribution in [0.25, 0.3) is 6.08 Å². The Morgan fingerprint density at radius 1 is 1.34 bits per heavy atom. The molecule has 0 aliphatic carbocycles. The molecular weight excluding hydrogens is 470 g/mol. The topological polar surface area (TPSA) is 81.0 Å². The first-order chi connectivity index (χ1) is 15.3. The summed E-state index contributed by atoms with van der Waals surface area (Å²) in [5, 5.41) is 1.53. The third-order valence-corrected chi connectivity index (χ3v) is 9.04. The van der Waals surface area contributed by atoms with E-state index < -0.39 is 9.84 Å². The number of carbonyl (C=O) groups excluding carboxylic acids is 1. The maximum Gasteiger partial charge on any atom is 0.186 e. The Kier molecular flexibility index (Phi) is 6.78. The van der Waals surface area contributed by atoms with Crippen LogP contribution in [-0.4, -0.2) is 50.8 Å². The molecule has 32 heavy (non-hydrogen) atoms. The fourth-order valence-corrected chi connectivity index (χ4v) is 6.57. The van der Waals surface area contributed by atoms with Crippen molar-refractivity contribution < 1.29 is 17.9 Å². The lowest BCUT2D eigenvalue weighted by atomic mass is 9.97. The Balaban J connectivity index is 1.47. The number of fused-ring (bicyclic) bond motifs is 1. The van der Waals surface area contributed by atoms with Gasteiger partial charge in [0, 0.05) is 43.8 Å². The second-order valence-electron chi connectivity index (χ2n) is 8.01. The minimum absolute atomic E-state index is 0.0170. The first-order valence-electron chi connectivity index (χ1n) is 10.5. The van der Waals surface area contributed by atoms with Gasteiger partial charge in [0.1, 0.15) is 17.4 Å². The zero-order valence-corrected chi connectivity index (χ0v) is 20.5. The second kappa shape index (κ2) is 9.41. The Morgan fingerprint density at radius 3 is 2.91 bits per heavy atom. The van der Waals surface area contributed by atoms with E-state index in [2.05, 4.69) is 9.89 Å². The Labute approximate surface area is 196 Å². The molecule has 1 aromatic heterocycles. The number of ketones is 1. The minimum atomic E-state index is -3.61. The van der Waals surface area contributed by atoms with Gasteiger partial charge in [-0.3, -0.25) is 9.79 Å². The molecule has 0 radical (unpaired) electrons. The summed E-state index contributed by atoms with van der Waals surface area (Å²) >= 11 is 7.51. The average molecular weight is 496 g/mol. The van der Waals surface area contributed by atoms with Crippen LogP contribution in [0, 0.1) is 0 Å². The number of halogens is 1. The van der Waals surface area contributed by atoms with Crippen molar-refractivity contribution in [3.05, 3.63) is 44.7 Å². The van der Waals surface area contributed by atoms with Crippen molar-refractivity contribution in [1.82, 2.24) is 4.57 Å². The molecule has 0 bridgehead atoms. The first-order valence-corrected chi connectivity index (χ1v) is 13.4. The third-order valence-electron chi connectivity index (χ3n) is 5.83. The monoisotopic (exact) mass is 495 g/mol. The number of aromatic nitrogens is 1. The molecule has 0 amide bonds. The predicted octanol–water partition coefficient (Wildman–Crippen LogP) is 3.44. The SMILES string of the molecule is CN=c1sc(N2CCCCC2C(=O)CCS(=O)(=O)C2=Cc3ccc(Cl)cc3OC2)cn1C. The maximum absolute atomic E-state index is 13.1. The quantitative estimate of drug-likeness (QED) is 0.613. The number of hydrogen-bond acceptors (Lipinski definition) is 7. The van der Waals surface area contributed by atoms with E-state index in [9.17, 15) is 13.2 Å². The van der Waals surface area contributed by atoms with Crippen LogP contribution in [0.4, 0.5) is 5.00 Å². The van der Waals surface area contributed by atoms with Crippen LogP contribution in [0.3, 0.4) is 0 Å². The number of rotatable bonds is 6. The van der Waals surface area contributed by atoms with E-state index >= 15 is 0 Å². The van der Waals surface area contributed by atoms with Crippen molar-refractivity contribution in [1.29, 1.82) is 0 Å². The van der Waals surface area contributed by atoms with Crippen LogP contribution in [0.1, 0.15) is 31.2 Å². The number of carbonyl (C=O) groups is 1. The fraction of sp³-hybridized carbons (Fsp3) is 0.455. The van der Waals surface area contributed by atoms with Gasteiger partial charge in [-0.1, -0.05) is 22.9 Å². The van der Waals surface area contributed by atoms with E-state index in [-0.39, 0.29) is 35.5 Å². The van der Waals surface area contributed by atoms with Crippen LogP contribution < -0.4 is 14.4 Å². The standard InChI is InChI=1S/C22H26ClN3O4S2/c1-24-22-25(2)13-21(31-22)26-9-4-3-5-18(26)19(27)8-10-32(28,29)17-11-15-6-7-16(23)12-20(15)30-14-17/h6-7,11-13,18H,3-5,8-10,14H2,1-2H3. The van der Waals surface area contributed by atoms with Crippen LogP contribution in [-0.2, 0) is 21.7 Å². The minimum Gasteiger partial charge on any atom is -0.487 e. The number of anilines is 1. The van der Waals surface area contributed by atoms with Gasteiger partial charge < -0.3 is 14.2 Å². The Bertz CT molecular complexity index is 1230. The molecule has 1 saturated heterocycles. The number of hydrogen-bond donors (Lipinski definition) is 0. The smallest absolute Gasteiger partial charge is 0.186 e. The Hall–Kier alpha value is -2.10. The number of thiazole rings is 1. The molecule has 172 valence electrons. The number of sulfone groups is 1. The molecule has 1 fully saturated rings. The lowest BCUT2D eigenvalue weighted by Gasteiger charge is -2.35. The number of aryl methyl sites for hydroxylation is 1. The van der Waals surface area contributed by atoms with Crippen molar-refractivity contribution in [3.63, 3.8) is 0 Å². The summed E-state index contributed by atoms with van der Waals surface area (Å²) in [5.74, 6) is 0.304. The molecule has 10 heteroatoms. The van der Waals surface area contributed by atoms with E-state index in [1.807, 2.05) is 17.8 Å². The van der Waals surface area contributed by atoms with E-state index in [1.165, 1.54) is 0 Å². The van der Waals surface area contributed by atoms with E-state index in [0.29, 0.717) is 16.3 Å². The molecule has 0 spiro atoms. The molecule has 7 nitrogen and oxygen atoms in total. The highest BCUT2D eigenvalue weighted by Gasteiger charge is 2.31. The summed E-state index contributed by atoms with van der Waals surface area (Å²) in [6.45, 7) is 0.736. The molecule has 2 aliphatic heterocycles. The average Bonchev–Trinajstić information content (AvgIpc) is 3.17. The molecule has 1 atom stereocenters. The van der Waals surface area contributed by atoms with Gasteiger partial charge >= 0.3 is 0 Å². The van der Waals surface area contributed by atoms with Gasteiger partial charge in [-0.2, -0.15) is 0 Å². The number of Topliss-reactive ketones (excluding diaryl/α,β-unsaturated/α-hetero) is 1. The van der Waals surface area contributed by atoms with Gasteiger partial charge in [0.15, 0.2) is 20.4 Å². The van der Waals surface area contributed by atoms with Gasteiger partial charge in [0.25, 0.3) is 0 Å². The highest BCUT2D eigenvalue weighted by molar-refractivity contribution is 7.95. The first kappa shape index (κ1) is 23.1. The van der Waals surface area contributed by atoms with Crippen LogP contribution in [0.15, 0.2) is 34.3 Å². The Morgan fingerprint density at radius 2 is 2.16 bits per heavy atom. The molecule has 1 aromatic carbocycles. The van der Waals surface area contributed by atoms with Gasteiger partial charge in [-0.05, 0) is 43.5 Å². The van der Waals surface area contributed by atoms with E-state index in [0.717, 1.165) is 35.6 Å². The lowest BCUT2D eigenvalue weighted by Crippen LogP contribution is -2.45. The van der Waals surface area contributed by atoms with E-state index in [1.54, 1.807) is 42.7 Å². The summed E-state index contributed by atoms with van der Waals surface area (Å²) < 4.78 is 33.4. The predicted molar refractivity (Wildman–Crippen MR) is 128 cm³/mol. The highest BCUT2D eigenvalue weighted by Crippen LogP contribution is 2.32. The van der Waals surface area contributed by atoms with Crippen molar-refractivity contribution in [3.8, 4) is 5.75 Å².